The summed E-state index contributed by atoms with van der Waals surface area (Å²) >= 11 is 1.81. The number of esters is 1. The number of nitrogens with one attached hydrogen (secondary N) is 1. The molecule has 82 valence electrons. The van der Waals surface area contributed by atoms with E-state index < -0.39 is 5.54 Å². The average molecular weight is 217 g/mol. The van der Waals surface area contributed by atoms with Crippen molar-refractivity contribution < 1.29 is 9.53 Å². The fourth-order valence-electron chi connectivity index (χ4n) is 1.72. The maximum atomic E-state index is 11.8. The molecule has 1 N–H and O–H groups in total. The van der Waals surface area contributed by atoms with Crippen LogP contribution in [0.4, 0.5) is 0 Å². The lowest BCUT2D eigenvalue weighted by Gasteiger charge is -2.29. The second kappa shape index (κ2) is 5.03. The number of hydrogen-bond donors (Lipinski definition) is 1. The van der Waals surface area contributed by atoms with Gasteiger partial charge in [0.15, 0.2) is 0 Å². The Bertz CT molecular complexity index is 200. The molecule has 0 amide bonds. The van der Waals surface area contributed by atoms with Gasteiger partial charge in [0.25, 0.3) is 0 Å². The normalized spacial score (nSPS) is 26.9. The van der Waals surface area contributed by atoms with Crippen LogP contribution in [0, 0.1) is 0 Å². The summed E-state index contributed by atoms with van der Waals surface area (Å²) in [6.07, 6.45) is 0.884. The van der Waals surface area contributed by atoms with Crippen LogP contribution < -0.4 is 5.32 Å². The summed E-state index contributed by atoms with van der Waals surface area (Å²) in [7, 11) is 0. The minimum atomic E-state index is -0.422. The van der Waals surface area contributed by atoms with Gasteiger partial charge in [0.05, 0.1) is 6.61 Å². The summed E-state index contributed by atoms with van der Waals surface area (Å²) in [5, 5.41) is 3.34. The molecule has 0 aromatic rings. The van der Waals surface area contributed by atoms with Gasteiger partial charge in [-0.1, -0.05) is 0 Å². The summed E-state index contributed by atoms with van der Waals surface area (Å²) in [4.78, 5) is 11.8. The molecule has 4 heteroatoms. The first kappa shape index (κ1) is 11.9. The molecule has 1 rings (SSSR count). The zero-order chi connectivity index (χ0) is 10.6. The number of rotatable bonds is 4. The number of carbonyl (C=O) groups is 1. The van der Waals surface area contributed by atoms with E-state index >= 15 is 0 Å². The zero-order valence-corrected chi connectivity index (χ0v) is 9.95. The summed E-state index contributed by atoms with van der Waals surface area (Å²) in [6, 6.07) is 0.318. The topological polar surface area (TPSA) is 38.3 Å². The van der Waals surface area contributed by atoms with Crippen LogP contribution in [0.5, 0.6) is 0 Å². The van der Waals surface area contributed by atoms with Crippen molar-refractivity contribution in [2.45, 2.75) is 38.8 Å². The van der Waals surface area contributed by atoms with E-state index in [-0.39, 0.29) is 5.97 Å². The lowest BCUT2D eigenvalue weighted by molar-refractivity contribution is -0.150. The molecule has 0 bridgehead atoms. The first-order valence-corrected chi connectivity index (χ1v) is 6.29. The van der Waals surface area contributed by atoms with Crippen LogP contribution in [0.25, 0.3) is 0 Å². The van der Waals surface area contributed by atoms with Crippen molar-refractivity contribution in [3.8, 4) is 0 Å². The van der Waals surface area contributed by atoms with E-state index in [0.717, 1.165) is 17.9 Å². The molecule has 0 saturated carbocycles. The molecule has 0 spiro atoms. The van der Waals surface area contributed by atoms with Crippen LogP contribution in [0.15, 0.2) is 0 Å². The fourth-order valence-corrected chi connectivity index (χ4v) is 3.05. The van der Waals surface area contributed by atoms with Gasteiger partial charge in [-0.15, -0.1) is 0 Å². The van der Waals surface area contributed by atoms with Crippen LogP contribution in [0.3, 0.4) is 0 Å². The predicted octanol–water partition coefficient (Wildman–Crippen LogP) is 1.42. The SMILES string of the molecule is CCOC(=O)C1(NC(C)C)CCSC1. The minimum absolute atomic E-state index is 0.0845. The highest BCUT2D eigenvalue weighted by molar-refractivity contribution is 7.99. The molecule has 0 aromatic carbocycles. The molecule has 0 aliphatic carbocycles. The summed E-state index contributed by atoms with van der Waals surface area (Å²) in [5.74, 6) is 1.79. The molecule has 0 radical (unpaired) electrons. The maximum Gasteiger partial charge on any atom is 0.327 e. The molecule has 0 aromatic heterocycles. The van der Waals surface area contributed by atoms with Gasteiger partial charge >= 0.3 is 5.97 Å². The van der Waals surface area contributed by atoms with Crippen molar-refractivity contribution in [2.75, 3.05) is 18.1 Å². The quantitative estimate of drug-likeness (QED) is 0.723. The van der Waals surface area contributed by atoms with E-state index in [0.29, 0.717) is 12.6 Å². The molecule has 1 unspecified atom stereocenters. The van der Waals surface area contributed by atoms with Crippen LogP contribution in [-0.4, -0.2) is 35.7 Å². The molecular formula is C10H19NO2S. The van der Waals surface area contributed by atoms with Gasteiger partial charge in [-0.05, 0) is 32.9 Å². The van der Waals surface area contributed by atoms with E-state index in [1.165, 1.54) is 0 Å². The number of ether oxygens (including phenoxy) is 1. The maximum absolute atomic E-state index is 11.8. The van der Waals surface area contributed by atoms with Gasteiger partial charge in [0, 0.05) is 11.8 Å². The smallest absolute Gasteiger partial charge is 0.327 e. The Morgan fingerprint density at radius 2 is 2.36 bits per heavy atom. The van der Waals surface area contributed by atoms with Gasteiger partial charge < -0.3 is 4.74 Å². The highest BCUT2D eigenvalue weighted by Crippen LogP contribution is 2.29. The fraction of sp³-hybridized carbons (Fsp3) is 0.900. The average Bonchev–Trinajstić information content (AvgIpc) is 2.53. The van der Waals surface area contributed by atoms with E-state index in [2.05, 4.69) is 19.2 Å². The molecule has 3 nitrogen and oxygen atoms in total. The van der Waals surface area contributed by atoms with Crippen LogP contribution in [-0.2, 0) is 9.53 Å². The van der Waals surface area contributed by atoms with Gasteiger partial charge in [-0.25, -0.2) is 0 Å². The Morgan fingerprint density at radius 1 is 1.64 bits per heavy atom. The lowest BCUT2D eigenvalue weighted by atomic mass is 9.98. The summed E-state index contributed by atoms with van der Waals surface area (Å²) in [5.41, 5.74) is -0.422. The van der Waals surface area contributed by atoms with E-state index in [1.54, 1.807) is 0 Å². The highest BCUT2D eigenvalue weighted by Gasteiger charge is 2.43. The van der Waals surface area contributed by atoms with Crippen molar-refractivity contribution in [3.63, 3.8) is 0 Å². The summed E-state index contributed by atoms with van der Waals surface area (Å²) < 4.78 is 5.12. The molecule has 1 aliphatic heterocycles. The molecule has 1 aliphatic rings. The standard InChI is InChI=1S/C10H19NO2S/c1-4-13-9(12)10(11-8(2)3)5-6-14-7-10/h8,11H,4-7H2,1-3H3. The monoisotopic (exact) mass is 217 g/mol. The van der Waals surface area contributed by atoms with Gasteiger partial charge in [-0.3, -0.25) is 10.1 Å². The second-order valence-electron chi connectivity index (χ2n) is 3.90. The molecule has 1 heterocycles. The number of hydrogen-bond acceptors (Lipinski definition) is 4. The van der Waals surface area contributed by atoms with Crippen molar-refractivity contribution >= 4 is 17.7 Å². The Morgan fingerprint density at radius 3 is 2.79 bits per heavy atom. The predicted molar refractivity (Wildman–Crippen MR) is 59.6 cm³/mol. The largest absolute Gasteiger partial charge is 0.465 e. The Hall–Kier alpha value is -0.220. The Balaban J connectivity index is 2.65. The van der Waals surface area contributed by atoms with E-state index in [9.17, 15) is 4.79 Å². The lowest BCUT2D eigenvalue weighted by Crippen LogP contribution is -2.55. The van der Waals surface area contributed by atoms with Crippen molar-refractivity contribution in [1.29, 1.82) is 0 Å². The molecule has 14 heavy (non-hydrogen) atoms. The first-order valence-electron chi connectivity index (χ1n) is 5.13. The number of carbonyl (C=O) groups excluding carboxylic acids is 1. The number of thioether (sulfide) groups is 1. The third kappa shape index (κ3) is 2.64. The van der Waals surface area contributed by atoms with Crippen LogP contribution in [0.1, 0.15) is 27.2 Å². The van der Waals surface area contributed by atoms with Crippen molar-refractivity contribution in [2.24, 2.45) is 0 Å². The van der Waals surface area contributed by atoms with Gasteiger partial charge in [-0.2, -0.15) is 11.8 Å². The second-order valence-corrected chi connectivity index (χ2v) is 5.01. The Kier molecular flexibility index (Phi) is 4.26. The highest BCUT2D eigenvalue weighted by atomic mass is 32.2. The van der Waals surface area contributed by atoms with Crippen LogP contribution >= 0.6 is 11.8 Å². The molecule has 1 fully saturated rings. The first-order chi connectivity index (χ1) is 6.60. The summed E-state index contributed by atoms with van der Waals surface area (Å²) in [6.45, 7) is 6.43. The van der Waals surface area contributed by atoms with Crippen molar-refractivity contribution in [1.82, 2.24) is 5.32 Å². The Labute approximate surface area is 90.0 Å². The van der Waals surface area contributed by atoms with E-state index in [1.807, 2.05) is 18.7 Å². The van der Waals surface area contributed by atoms with Gasteiger partial charge in [0.2, 0.25) is 0 Å². The van der Waals surface area contributed by atoms with Crippen LogP contribution in [0.2, 0.25) is 0 Å². The molecular weight excluding hydrogens is 198 g/mol. The zero-order valence-electron chi connectivity index (χ0n) is 9.13. The molecule has 1 atom stereocenters. The molecule has 1 saturated heterocycles. The third-order valence-corrected chi connectivity index (χ3v) is 3.44. The minimum Gasteiger partial charge on any atom is -0.465 e. The van der Waals surface area contributed by atoms with Crippen molar-refractivity contribution in [3.05, 3.63) is 0 Å². The van der Waals surface area contributed by atoms with E-state index in [4.69, 9.17) is 4.74 Å². The third-order valence-electron chi connectivity index (χ3n) is 2.25. The van der Waals surface area contributed by atoms with Gasteiger partial charge in [0.1, 0.15) is 5.54 Å².